The molecular formula is C28H29BiI. The second-order valence-electron chi connectivity index (χ2n) is 8.23. The van der Waals surface area contributed by atoms with Gasteiger partial charge in [-0.25, -0.2) is 0 Å². The van der Waals surface area contributed by atoms with Gasteiger partial charge in [-0.2, -0.15) is 0 Å². The van der Waals surface area contributed by atoms with Crippen molar-refractivity contribution < 1.29 is 0 Å². The third-order valence-corrected chi connectivity index (χ3v) is 24.1. The molecule has 0 aliphatic heterocycles. The van der Waals surface area contributed by atoms with Crippen molar-refractivity contribution in [3.63, 3.8) is 0 Å². The second kappa shape index (κ2) is 9.75. The van der Waals surface area contributed by atoms with Crippen molar-refractivity contribution in [1.82, 2.24) is 0 Å². The molecule has 0 saturated carbocycles. The molecule has 0 aliphatic carbocycles. The van der Waals surface area contributed by atoms with Crippen molar-refractivity contribution in [2.45, 2.75) is 27.7 Å². The molecule has 4 rings (SSSR count). The van der Waals surface area contributed by atoms with Gasteiger partial charge in [0.1, 0.15) is 0 Å². The minimum Gasteiger partial charge on any atom is 0 e. The number of halogens is 1. The largest absolute Gasteiger partial charge is 0 e. The molecule has 0 aromatic heterocycles. The molecule has 0 nitrogen and oxygen atoms in total. The van der Waals surface area contributed by atoms with Crippen LogP contribution in [0.1, 0.15) is 22.3 Å². The molecule has 0 amide bonds. The molecule has 0 bridgehead atoms. The first-order chi connectivity index (χ1) is 14.0. The van der Waals surface area contributed by atoms with Crippen LogP contribution in [0.4, 0.5) is 0 Å². The maximum Gasteiger partial charge on any atom is 0 e. The van der Waals surface area contributed by atoms with Crippen molar-refractivity contribution in [2.24, 2.45) is 0 Å². The van der Waals surface area contributed by atoms with Crippen molar-refractivity contribution in [2.75, 3.05) is 0 Å². The van der Waals surface area contributed by atoms with E-state index in [2.05, 4.69) is 125 Å². The first-order valence-corrected chi connectivity index (χ1v) is 18.1. The minimum absolute atomic E-state index is 0. The topological polar surface area (TPSA) is 0 Å². The van der Waals surface area contributed by atoms with Crippen LogP contribution in [0, 0.1) is 27.7 Å². The van der Waals surface area contributed by atoms with E-state index in [0.29, 0.717) is 0 Å². The van der Waals surface area contributed by atoms with Gasteiger partial charge in [0, 0.05) is 24.0 Å². The van der Waals surface area contributed by atoms with E-state index in [0.717, 1.165) is 0 Å². The molecule has 0 atom stereocenters. The van der Waals surface area contributed by atoms with Gasteiger partial charge in [-0.3, -0.25) is 0 Å². The van der Waals surface area contributed by atoms with E-state index in [4.69, 9.17) is 0 Å². The normalized spacial score (nSPS) is 11.6. The molecule has 0 N–H and O–H groups in total. The summed E-state index contributed by atoms with van der Waals surface area (Å²) >= 11 is -3.66. The van der Waals surface area contributed by atoms with Crippen LogP contribution >= 0.6 is 24.0 Å². The molecule has 0 heterocycles. The molecule has 30 heavy (non-hydrogen) atoms. The van der Waals surface area contributed by atoms with Gasteiger partial charge in [0.15, 0.2) is 0 Å². The van der Waals surface area contributed by atoms with Crippen LogP contribution in [0.5, 0.6) is 0 Å². The molecule has 0 aliphatic rings. The van der Waals surface area contributed by atoms with Crippen molar-refractivity contribution in [1.29, 1.82) is 0 Å². The third-order valence-electron chi connectivity index (χ3n) is 5.80. The maximum atomic E-state index is 2.44. The summed E-state index contributed by atoms with van der Waals surface area (Å²) in [6, 6.07) is 37.1. The molecule has 1 radical (unpaired) electrons. The van der Waals surface area contributed by atoms with Gasteiger partial charge in [0.25, 0.3) is 0 Å². The zero-order valence-electron chi connectivity index (χ0n) is 18.1. The van der Waals surface area contributed by atoms with Gasteiger partial charge >= 0.3 is 180 Å². The summed E-state index contributed by atoms with van der Waals surface area (Å²) in [4.78, 5) is 0. The molecule has 0 fully saturated rings. The SMILES string of the molecule is Cc1ccc[c]([BiH]([c]2cccc(C)c2)([c]2cccc(C)c2)[c]2cccc(C)c2)c1.[I]. The Balaban J connectivity index is 0.00000256. The van der Waals surface area contributed by atoms with E-state index >= 15 is 0 Å². The zero-order chi connectivity index (χ0) is 20.4. The van der Waals surface area contributed by atoms with Crippen LogP contribution in [0.3, 0.4) is 0 Å². The van der Waals surface area contributed by atoms with Gasteiger partial charge in [-0.1, -0.05) is 0 Å². The predicted octanol–water partition coefficient (Wildman–Crippen LogP) is 4.92. The van der Waals surface area contributed by atoms with E-state index < -0.39 is 20.3 Å². The summed E-state index contributed by atoms with van der Waals surface area (Å²) < 4.78 is 6.11. The van der Waals surface area contributed by atoms with Gasteiger partial charge in [-0.15, -0.1) is 0 Å². The Morgan fingerprint density at radius 3 is 0.833 bits per heavy atom. The number of aryl methyl sites for hydroxylation is 4. The minimum atomic E-state index is -3.66. The van der Waals surface area contributed by atoms with E-state index in [9.17, 15) is 0 Å². The molecule has 2 heteroatoms. The Morgan fingerprint density at radius 2 is 0.633 bits per heavy atom. The Morgan fingerprint density at radius 1 is 0.400 bits per heavy atom. The van der Waals surface area contributed by atoms with Crippen molar-refractivity contribution in [3.8, 4) is 0 Å². The first kappa shape index (κ1) is 23.2. The summed E-state index contributed by atoms with van der Waals surface area (Å²) in [6.07, 6.45) is 0. The summed E-state index contributed by atoms with van der Waals surface area (Å²) in [5.74, 6) is 0. The van der Waals surface area contributed by atoms with Gasteiger partial charge in [-0.05, 0) is 0 Å². The summed E-state index contributed by atoms with van der Waals surface area (Å²) in [6.45, 7) is 8.85. The number of hydrogen-bond donors (Lipinski definition) is 0. The van der Waals surface area contributed by atoms with Crippen molar-refractivity contribution in [3.05, 3.63) is 119 Å². The smallest absolute Gasteiger partial charge is 0 e. The molecule has 4 aromatic rings. The van der Waals surface area contributed by atoms with Crippen molar-refractivity contribution >= 4 is 57.3 Å². The number of hydrogen-bond acceptors (Lipinski definition) is 0. The Kier molecular flexibility index (Phi) is 7.53. The molecule has 0 saturated heterocycles. The fourth-order valence-corrected chi connectivity index (χ4v) is 24.6. The van der Waals surface area contributed by atoms with Gasteiger partial charge in [0.05, 0.1) is 0 Å². The fourth-order valence-electron chi connectivity index (χ4n) is 4.51. The summed E-state index contributed by atoms with van der Waals surface area (Å²) in [5.41, 5.74) is 5.33. The second-order valence-corrected chi connectivity index (χ2v) is 23.0. The summed E-state index contributed by atoms with van der Waals surface area (Å²) in [7, 11) is 0. The molecule has 0 spiro atoms. The average Bonchev–Trinajstić information content (AvgIpc) is 2.69. The van der Waals surface area contributed by atoms with Crippen LogP contribution in [-0.4, -0.2) is 20.3 Å². The first-order valence-electron chi connectivity index (χ1n) is 10.3. The Hall–Kier alpha value is -1.51. The van der Waals surface area contributed by atoms with Crippen LogP contribution in [-0.2, 0) is 0 Å². The van der Waals surface area contributed by atoms with Crippen LogP contribution in [0.15, 0.2) is 97.1 Å². The average molecular weight is 701 g/mol. The van der Waals surface area contributed by atoms with E-state index in [1.165, 1.54) is 35.3 Å². The monoisotopic (exact) mass is 701 g/mol. The predicted molar refractivity (Wildman–Crippen MR) is 144 cm³/mol. The Labute approximate surface area is 202 Å². The number of benzene rings is 4. The molecular weight excluding hydrogens is 672 g/mol. The quantitative estimate of drug-likeness (QED) is 0.210. The zero-order valence-corrected chi connectivity index (χ0v) is 24.2. The third kappa shape index (κ3) is 4.41. The van der Waals surface area contributed by atoms with Crippen LogP contribution in [0.25, 0.3) is 0 Å². The summed E-state index contributed by atoms with van der Waals surface area (Å²) in [5, 5.41) is 0. The van der Waals surface area contributed by atoms with Crippen LogP contribution in [0.2, 0.25) is 0 Å². The molecule has 0 unspecified atom stereocenters. The Bertz CT molecular complexity index is 975. The van der Waals surface area contributed by atoms with Gasteiger partial charge in [0.2, 0.25) is 0 Å². The maximum absolute atomic E-state index is 3.66. The fraction of sp³-hybridized carbons (Fsp3) is 0.143. The molecule has 4 aromatic carbocycles. The van der Waals surface area contributed by atoms with Crippen LogP contribution < -0.4 is 13.1 Å². The number of rotatable bonds is 4. The van der Waals surface area contributed by atoms with E-state index in [-0.39, 0.29) is 24.0 Å². The van der Waals surface area contributed by atoms with E-state index in [1.807, 2.05) is 0 Å². The van der Waals surface area contributed by atoms with E-state index in [1.54, 1.807) is 0 Å². The standard InChI is InChI=1S/4C7H7.Bi.I.H/c4*1-7-5-3-2-4-6-7;;;/h4*2-3,5-6H,1H3;;;. The van der Waals surface area contributed by atoms with Gasteiger partial charge < -0.3 is 0 Å². The molecule has 153 valence electrons.